The number of rotatable bonds is 56. The summed E-state index contributed by atoms with van der Waals surface area (Å²) in [6.45, 7) is 16.4. The first-order chi connectivity index (χ1) is 34.4. The molecule has 0 saturated carbocycles. The van der Waals surface area contributed by atoms with Crippen LogP contribution in [0.25, 0.3) is 0 Å². The molecule has 0 fully saturated rings. The van der Waals surface area contributed by atoms with Gasteiger partial charge in [-0.2, -0.15) is 0 Å². The maximum atomic E-state index is 8.81. The van der Waals surface area contributed by atoms with E-state index >= 15 is 0 Å². The normalized spacial score (nSPS) is 12.5. The van der Waals surface area contributed by atoms with E-state index in [9.17, 15) is 0 Å². The van der Waals surface area contributed by atoms with Crippen molar-refractivity contribution < 1.29 is 60.8 Å². The van der Waals surface area contributed by atoms with Crippen LogP contribution in [-0.2, 0) is 31.4 Å². The summed E-state index contributed by atoms with van der Waals surface area (Å²) in [5.41, 5.74) is 0. The molecule has 0 aliphatic heterocycles. The summed E-state index contributed by atoms with van der Waals surface area (Å²) < 4.78 is 26.0. The van der Waals surface area contributed by atoms with Crippen molar-refractivity contribution in [1.29, 1.82) is 0 Å². The van der Waals surface area contributed by atoms with Crippen molar-refractivity contribution in [1.82, 2.24) is 0 Å². The van der Waals surface area contributed by atoms with Gasteiger partial charge in [0.15, 0.2) is 0 Å². The predicted molar refractivity (Wildman–Crippen MR) is 310 cm³/mol. The second kappa shape index (κ2) is 62.0. The van der Waals surface area contributed by atoms with E-state index in [1.54, 1.807) is 0 Å². The molecular weight excluding hydrogens is 966 g/mol. The monoisotopic (exact) mass is 1100 g/mol. The van der Waals surface area contributed by atoms with Crippen molar-refractivity contribution in [2.75, 3.05) is 38.8 Å². The molecule has 13 heteroatoms. The van der Waals surface area contributed by atoms with Crippen LogP contribution in [0.5, 0.6) is 0 Å². The zero-order chi connectivity index (χ0) is 53.1. The first-order valence-electron chi connectivity index (χ1n) is 31.3. The van der Waals surface area contributed by atoms with E-state index in [1.807, 2.05) is 0 Å². The molecule has 0 aromatic heterocycles. The molecule has 436 valence electrons. The van der Waals surface area contributed by atoms with Crippen molar-refractivity contribution in [3.05, 3.63) is 0 Å². The fraction of sp³-hybridized carbons (Fsp3) is 1.00. The molecule has 0 heterocycles. The molecule has 0 radical (unpaired) electrons. The van der Waals surface area contributed by atoms with Crippen LogP contribution in [0.1, 0.15) is 337 Å². The Balaban J connectivity index is -0.00000112. The van der Waals surface area contributed by atoms with Gasteiger partial charge in [-0.15, -0.1) is 0 Å². The molecule has 10 nitrogen and oxygen atoms in total. The molecule has 0 aromatic rings. The molecule has 0 saturated heterocycles. The van der Waals surface area contributed by atoms with E-state index in [1.165, 1.54) is 231 Å². The molecule has 71 heavy (non-hydrogen) atoms. The average molecular weight is 1100 g/mol. The van der Waals surface area contributed by atoms with Crippen molar-refractivity contribution in [2.24, 2.45) is 0 Å². The Bertz CT molecular complexity index is 846. The van der Waals surface area contributed by atoms with E-state index in [0.717, 1.165) is 90.6 Å². The average Bonchev–Trinajstić information content (AvgIpc) is 3.33. The number of unbranched alkanes of at least 4 members (excludes halogenated alkanes) is 40. The van der Waals surface area contributed by atoms with Crippen LogP contribution in [0.2, 0.25) is 0 Å². The SMILES string of the molecule is CCCCCCCCCCCCC[PH](O)(O)O.CCCCCCCCCCCCC[PH](O)(O)O.CCCCCCCC[O][Ti]([O]CCCCCCCC)([O]CCCCCCCC)[O]CCCCCCCC. The minimum atomic E-state index is -3.75. The molecule has 0 unspecified atom stereocenters. The van der Waals surface area contributed by atoms with Crippen LogP contribution in [0.4, 0.5) is 0 Å². The summed E-state index contributed by atoms with van der Waals surface area (Å²) in [5, 5.41) is 0. The second-order valence-corrected chi connectivity index (χ2v) is 28.5. The van der Waals surface area contributed by atoms with Crippen LogP contribution in [0.15, 0.2) is 0 Å². The third-order valence-corrected chi connectivity index (χ3v) is 18.9. The third kappa shape index (κ3) is 71.2. The number of hydrogen-bond acceptors (Lipinski definition) is 10. The summed E-state index contributed by atoms with van der Waals surface area (Å²) in [5.74, 6) is 0. The summed E-state index contributed by atoms with van der Waals surface area (Å²) in [4.78, 5) is 52.9. The molecule has 0 aromatic carbocycles. The van der Waals surface area contributed by atoms with E-state index in [0.29, 0.717) is 0 Å². The van der Waals surface area contributed by atoms with Gasteiger partial charge in [0.2, 0.25) is 0 Å². The topological polar surface area (TPSA) is 158 Å². The summed E-state index contributed by atoms with van der Waals surface area (Å²) >= 11 is -3.72. The summed E-state index contributed by atoms with van der Waals surface area (Å²) in [7, 11) is -7.50. The van der Waals surface area contributed by atoms with Gasteiger partial charge in [0.1, 0.15) is 0 Å². The van der Waals surface area contributed by atoms with Gasteiger partial charge in [-0.3, -0.25) is 0 Å². The molecule has 0 atom stereocenters. The third-order valence-electron chi connectivity index (χ3n) is 13.3. The molecular formula is C58H130O10P2Ti. The molecule has 0 bridgehead atoms. The van der Waals surface area contributed by atoms with Gasteiger partial charge in [0.05, 0.1) is 0 Å². The molecule has 6 N–H and O–H groups in total. The Morgan fingerprint density at radius 1 is 0.211 bits per heavy atom. The molecule has 0 rings (SSSR count). The Labute approximate surface area is 449 Å². The zero-order valence-corrected chi connectivity index (χ0v) is 52.1. The fourth-order valence-electron chi connectivity index (χ4n) is 8.62. The van der Waals surface area contributed by atoms with Gasteiger partial charge in [0.25, 0.3) is 0 Å². The molecule has 0 aliphatic rings. The Hall–Kier alpha value is 1.17. The van der Waals surface area contributed by atoms with Gasteiger partial charge in [-0.25, -0.2) is 0 Å². The first-order valence-corrected chi connectivity index (χ1v) is 37.9. The van der Waals surface area contributed by atoms with Crippen molar-refractivity contribution in [3.63, 3.8) is 0 Å². The predicted octanol–water partition coefficient (Wildman–Crippen LogP) is 18.8. The van der Waals surface area contributed by atoms with E-state index in [2.05, 4.69) is 41.5 Å². The van der Waals surface area contributed by atoms with Crippen LogP contribution in [0.3, 0.4) is 0 Å². The van der Waals surface area contributed by atoms with Crippen molar-refractivity contribution >= 4 is 15.9 Å². The summed E-state index contributed by atoms with van der Waals surface area (Å²) in [6, 6.07) is 0. The van der Waals surface area contributed by atoms with Gasteiger partial charge in [0, 0.05) is 0 Å². The van der Waals surface area contributed by atoms with Crippen molar-refractivity contribution in [3.8, 4) is 0 Å². The Kier molecular flexibility index (Phi) is 66.7. The quantitative estimate of drug-likeness (QED) is 0.0197. The van der Waals surface area contributed by atoms with E-state index < -0.39 is 34.0 Å². The molecule has 0 spiro atoms. The van der Waals surface area contributed by atoms with E-state index in [-0.39, 0.29) is 12.3 Å². The standard InChI is InChI=1S/2C13H31O3P.4C8H17O.Ti/c2*1-2-3-4-5-6-7-8-9-10-11-12-13-17(14,15)16;4*1-2-3-4-5-6-7-8-9;/h2*14-17H,2-13H2,1H3;4*2-8H2,1H3;/q;;4*-1;+4. The Morgan fingerprint density at radius 2 is 0.352 bits per heavy atom. The van der Waals surface area contributed by atoms with Gasteiger partial charge in [-0.05, 0) is 0 Å². The minimum absolute atomic E-state index is 0.198. The zero-order valence-electron chi connectivity index (χ0n) is 48.6. The molecule has 0 amide bonds. The van der Waals surface area contributed by atoms with Gasteiger partial charge < -0.3 is 0 Å². The Morgan fingerprint density at radius 3 is 0.507 bits per heavy atom. The van der Waals surface area contributed by atoms with Crippen molar-refractivity contribution in [2.45, 2.75) is 337 Å². The molecule has 0 aliphatic carbocycles. The van der Waals surface area contributed by atoms with Crippen LogP contribution in [-0.4, -0.2) is 68.1 Å². The number of hydrogen-bond donors (Lipinski definition) is 6. The second-order valence-electron chi connectivity index (χ2n) is 21.1. The maximum absolute atomic E-state index is 8.81. The van der Waals surface area contributed by atoms with Gasteiger partial charge in [-0.1, -0.05) is 13.8 Å². The van der Waals surface area contributed by atoms with Crippen LogP contribution in [0, 0.1) is 0 Å². The first kappa shape index (κ1) is 76.4. The van der Waals surface area contributed by atoms with Crippen LogP contribution < -0.4 is 0 Å². The fourth-order valence-corrected chi connectivity index (χ4v) is 13.3. The van der Waals surface area contributed by atoms with Crippen LogP contribution >= 0.6 is 15.9 Å². The van der Waals surface area contributed by atoms with E-state index in [4.69, 9.17) is 42.6 Å². The summed E-state index contributed by atoms with van der Waals surface area (Å²) in [6.07, 6.45) is 57.8. The van der Waals surface area contributed by atoms with Gasteiger partial charge >= 0.3 is 438 Å².